The van der Waals surface area contributed by atoms with E-state index >= 15 is 0 Å². The number of nitrogens with zero attached hydrogens (tertiary/aromatic N) is 1. The van der Waals surface area contributed by atoms with Crippen LogP contribution in [0.3, 0.4) is 0 Å². The molecule has 0 aromatic heterocycles. The van der Waals surface area contributed by atoms with Gasteiger partial charge in [0.1, 0.15) is 23.4 Å². The van der Waals surface area contributed by atoms with E-state index in [1.807, 2.05) is 0 Å². The minimum atomic E-state index is -0.472. The van der Waals surface area contributed by atoms with Crippen LogP contribution in [0.5, 0.6) is 11.5 Å². The fourth-order valence-electron chi connectivity index (χ4n) is 2.69. The molecule has 0 saturated heterocycles. The first-order valence-electron chi connectivity index (χ1n) is 7.61. The van der Waals surface area contributed by atoms with Gasteiger partial charge >= 0.3 is 0 Å². The Morgan fingerprint density at radius 1 is 1.00 bits per heavy atom. The Bertz CT molecular complexity index is 1020. The smallest absolute Gasteiger partial charge is 0.130 e. The maximum atomic E-state index is 14.1. The van der Waals surface area contributed by atoms with Crippen molar-refractivity contribution in [2.24, 2.45) is 0 Å². The molecule has 0 aliphatic carbocycles. The van der Waals surface area contributed by atoms with Crippen molar-refractivity contribution in [1.82, 2.24) is 0 Å². The van der Waals surface area contributed by atoms with Crippen molar-refractivity contribution < 1.29 is 9.13 Å². The monoisotopic (exact) mass is 386 g/mol. The van der Waals surface area contributed by atoms with E-state index in [2.05, 4.69) is 6.07 Å². The first kappa shape index (κ1) is 18.1. The van der Waals surface area contributed by atoms with Crippen LogP contribution in [0.15, 0.2) is 48.5 Å². The molecule has 2 N–H and O–H groups in total. The summed E-state index contributed by atoms with van der Waals surface area (Å²) < 4.78 is 19.9. The Morgan fingerprint density at radius 3 is 2.31 bits per heavy atom. The average Bonchev–Trinajstić information content (AvgIpc) is 2.53. The van der Waals surface area contributed by atoms with Crippen LogP contribution in [-0.2, 0) is 0 Å². The Morgan fingerprint density at radius 2 is 1.65 bits per heavy atom. The molecule has 0 bridgehead atoms. The second-order valence-corrected chi connectivity index (χ2v) is 6.57. The molecule has 3 aromatic rings. The molecule has 0 aliphatic rings. The van der Waals surface area contributed by atoms with E-state index in [0.717, 1.165) is 0 Å². The Balaban J connectivity index is 2.05. The zero-order chi connectivity index (χ0) is 18.8. The van der Waals surface area contributed by atoms with Gasteiger partial charge in [-0.15, -0.1) is 0 Å². The van der Waals surface area contributed by atoms with Gasteiger partial charge in [0.2, 0.25) is 0 Å². The topological polar surface area (TPSA) is 59.0 Å². The molecule has 0 amide bonds. The van der Waals surface area contributed by atoms with Gasteiger partial charge in [-0.1, -0.05) is 29.3 Å². The van der Waals surface area contributed by atoms with E-state index < -0.39 is 5.82 Å². The molecule has 0 saturated carbocycles. The maximum Gasteiger partial charge on any atom is 0.130 e. The van der Waals surface area contributed by atoms with Crippen molar-refractivity contribution in [2.45, 2.75) is 6.92 Å². The number of nitriles is 1. The van der Waals surface area contributed by atoms with Crippen LogP contribution in [0.2, 0.25) is 10.0 Å². The van der Waals surface area contributed by atoms with Crippen molar-refractivity contribution in [3.05, 3.63) is 75.5 Å². The number of hydrogen-bond donors (Lipinski definition) is 1. The number of hydrogen-bond acceptors (Lipinski definition) is 3. The van der Waals surface area contributed by atoms with Crippen molar-refractivity contribution in [3.8, 4) is 28.7 Å². The number of nitrogen functional groups attached to an aromatic ring is 1. The summed E-state index contributed by atoms with van der Waals surface area (Å²) in [6.45, 7) is 1.77. The van der Waals surface area contributed by atoms with Crippen molar-refractivity contribution in [1.29, 1.82) is 5.26 Å². The molecule has 0 unspecified atom stereocenters. The van der Waals surface area contributed by atoms with Crippen LogP contribution in [0, 0.1) is 24.1 Å². The standard InChI is InChI=1S/C20H13Cl2FN2O/c1-11-18(2-3-20(25)19(11)10-24)12-4-15(23)9-16(5-12)26-17-7-13(21)6-14(22)8-17/h2-9H,25H2,1H3. The summed E-state index contributed by atoms with van der Waals surface area (Å²) >= 11 is 11.9. The molecule has 0 radical (unpaired) electrons. The van der Waals surface area contributed by atoms with E-state index in [-0.39, 0.29) is 5.75 Å². The van der Waals surface area contributed by atoms with E-state index in [9.17, 15) is 9.65 Å². The number of ether oxygens (including phenoxy) is 1. The highest BCUT2D eigenvalue weighted by atomic mass is 35.5. The van der Waals surface area contributed by atoms with Crippen molar-refractivity contribution >= 4 is 28.9 Å². The summed E-state index contributed by atoms with van der Waals surface area (Å²) in [6.07, 6.45) is 0. The number of rotatable bonds is 3. The maximum absolute atomic E-state index is 14.1. The van der Waals surface area contributed by atoms with Crippen molar-refractivity contribution in [2.75, 3.05) is 5.73 Å². The van der Waals surface area contributed by atoms with Gasteiger partial charge in [-0.2, -0.15) is 5.26 Å². The van der Waals surface area contributed by atoms with E-state index in [1.165, 1.54) is 12.1 Å². The highest BCUT2D eigenvalue weighted by Gasteiger charge is 2.12. The normalized spacial score (nSPS) is 10.4. The van der Waals surface area contributed by atoms with Gasteiger partial charge in [-0.3, -0.25) is 0 Å². The average molecular weight is 387 g/mol. The fourth-order valence-corrected chi connectivity index (χ4v) is 3.20. The van der Waals surface area contributed by atoms with Crippen LogP contribution in [0.25, 0.3) is 11.1 Å². The number of anilines is 1. The largest absolute Gasteiger partial charge is 0.457 e. The zero-order valence-electron chi connectivity index (χ0n) is 13.7. The van der Waals surface area contributed by atoms with Gasteiger partial charge in [-0.05, 0) is 60.0 Å². The predicted octanol–water partition coefficient (Wildman–Crippen LogP) is 6.35. The van der Waals surface area contributed by atoms with Crippen LogP contribution in [0.1, 0.15) is 11.1 Å². The molecule has 0 aliphatic heterocycles. The molecule has 26 heavy (non-hydrogen) atoms. The van der Waals surface area contributed by atoms with E-state index in [0.29, 0.717) is 43.7 Å². The molecule has 0 atom stereocenters. The summed E-state index contributed by atoms with van der Waals surface area (Å²) in [7, 11) is 0. The molecule has 0 heterocycles. The van der Waals surface area contributed by atoms with Crippen LogP contribution < -0.4 is 10.5 Å². The number of halogens is 3. The summed E-state index contributed by atoms with van der Waals surface area (Å²) in [5.74, 6) is 0.208. The molecule has 0 fully saturated rings. The first-order chi connectivity index (χ1) is 12.4. The number of nitrogens with two attached hydrogens (primary N) is 1. The predicted molar refractivity (Wildman–Crippen MR) is 102 cm³/mol. The Hall–Kier alpha value is -2.74. The first-order valence-corrected chi connectivity index (χ1v) is 8.37. The second kappa shape index (κ2) is 7.25. The van der Waals surface area contributed by atoms with E-state index in [1.54, 1.807) is 43.3 Å². The van der Waals surface area contributed by atoms with E-state index in [4.69, 9.17) is 33.7 Å². The van der Waals surface area contributed by atoms with Crippen LogP contribution >= 0.6 is 23.2 Å². The summed E-state index contributed by atoms with van der Waals surface area (Å²) in [5.41, 5.74) is 8.52. The SMILES string of the molecule is Cc1c(-c2cc(F)cc(Oc3cc(Cl)cc(Cl)c3)c2)ccc(N)c1C#N. The van der Waals surface area contributed by atoms with Gasteiger partial charge in [0.05, 0.1) is 5.56 Å². The lowest BCUT2D eigenvalue weighted by atomic mass is 9.95. The molecule has 3 nitrogen and oxygen atoms in total. The Labute approximate surface area is 160 Å². The second-order valence-electron chi connectivity index (χ2n) is 5.70. The summed E-state index contributed by atoms with van der Waals surface area (Å²) in [5, 5.41) is 10.1. The molecular weight excluding hydrogens is 374 g/mol. The number of benzene rings is 3. The molecule has 6 heteroatoms. The van der Waals surface area contributed by atoms with Crippen LogP contribution in [0.4, 0.5) is 10.1 Å². The third-order valence-corrected chi connectivity index (χ3v) is 4.30. The minimum absolute atomic E-state index is 0.285. The molecule has 130 valence electrons. The highest BCUT2D eigenvalue weighted by molar-refractivity contribution is 6.34. The summed E-state index contributed by atoms with van der Waals surface area (Å²) in [4.78, 5) is 0. The molecular formula is C20H13Cl2FN2O. The molecule has 3 aromatic carbocycles. The molecule has 0 spiro atoms. The third kappa shape index (κ3) is 3.75. The lowest BCUT2D eigenvalue weighted by Gasteiger charge is -2.12. The third-order valence-electron chi connectivity index (χ3n) is 3.86. The van der Waals surface area contributed by atoms with Crippen LogP contribution in [-0.4, -0.2) is 0 Å². The van der Waals surface area contributed by atoms with Gasteiger partial charge in [-0.25, -0.2) is 4.39 Å². The summed E-state index contributed by atoms with van der Waals surface area (Å²) in [6, 6.07) is 14.5. The quantitative estimate of drug-likeness (QED) is 0.533. The minimum Gasteiger partial charge on any atom is -0.457 e. The zero-order valence-corrected chi connectivity index (χ0v) is 15.2. The fraction of sp³-hybridized carbons (Fsp3) is 0.0500. The van der Waals surface area contributed by atoms with Gasteiger partial charge in [0, 0.05) is 21.8 Å². The van der Waals surface area contributed by atoms with Gasteiger partial charge in [0.15, 0.2) is 0 Å². The van der Waals surface area contributed by atoms with Crippen molar-refractivity contribution in [3.63, 3.8) is 0 Å². The molecule has 3 rings (SSSR count). The highest BCUT2D eigenvalue weighted by Crippen LogP contribution is 2.34. The van der Waals surface area contributed by atoms with Gasteiger partial charge in [0.25, 0.3) is 0 Å². The lowest BCUT2D eigenvalue weighted by Crippen LogP contribution is -1.96. The lowest BCUT2D eigenvalue weighted by molar-refractivity contribution is 0.477. The van der Waals surface area contributed by atoms with Gasteiger partial charge < -0.3 is 10.5 Å². The Kier molecular flexibility index (Phi) is 5.03.